The lowest BCUT2D eigenvalue weighted by Crippen LogP contribution is -2.37. The maximum atomic E-state index is 4.34. The highest BCUT2D eigenvalue weighted by Crippen LogP contribution is 2.23. The molecule has 0 spiro atoms. The fourth-order valence-electron chi connectivity index (χ4n) is 2.87. The molecule has 2 aromatic rings. The maximum absolute atomic E-state index is 4.34. The summed E-state index contributed by atoms with van der Waals surface area (Å²) in [6, 6.07) is 9.11. The molecule has 1 aromatic carbocycles. The molecule has 0 radical (unpaired) electrons. The molecule has 0 bridgehead atoms. The van der Waals surface area contributed by atoms with E-state index in [9.17, 15) is 0 Å². The second-order valence-electron chi connectivity index (χ2n) is 5.39. The van der Waals surface area contributed by atoms with Crippen molar-refractivity contribution in [2.45, 2.75) is 38.8 Å². The first-order chi connectivity index (χ1) is 9.34. The van der Waals surface area contributed by atoms with Crippen LogP contribution in [0.5, 0.6) is 0 Å². The van der Waals surface area contributed by atoms with Crippen molar-refractivity contribution in [3.63, 3.8) is 0 Å². The van der Waals surface area contributed by atoms with E-state index in [2.05, 4.69) is 46.1 Å². The van der Waals surface area contributed by atoms with Gasteiger partial charge in [0.05, 0.1) is 18.2 Å². The van der Waals surface area contributed by atoms with E-state index >= 15 is 0 Å². The van der Waals surface area contributed by atoms with Gasteiger partial charge in [-0.3, -0.25) is 0 Å². The van der Waals surface area contributed by atoms with Gasteiger partial charge in [0.25, 0.3) is 0 Å². The van der Waals surface area contributed by atoms with Crippen LogP contribution in [-0.2, 0) is 6.54 Å². The van der Waals surface area contributed by atoms with Gasteiger partial charge in [0.1, 0.15) is 0 Å². The van der Waals surface area contributed by atoms with Crippen LogP contribution in [0.15, 0.2) is 36.8 Å². The quantitative estimate of drug-likeness (QED) is 0.913. The van der Waals surface area contributed by atoms with Crippen molar-refractivity contribution in [1.82, 2.24) is 14.9 Å². The number of rotatable bonds is 3. The topological polar surface area (TPSA) is 29.9 Å². The number of hydrogen-bond donors (Lipinski definition) is 1. The molecule has 0 saturated carbocycles. The minimum atomic E-state index is 0.589. The monoisotopic (exact) mass is 255 g/mol. The van der Waals surface area contributed by atoms with Gasteiger partial charge in [0, 0.05) is 18.2 Å². The summed E-state index contributed by atoms with van der Waals surface area (Å²) in [5.74, 6) is 0. The number of nitrogens with one attached hydrogen (secondary N) is 1. The molecule has 1 fully saturated rings. The molecule has 100 valence electrons. The summed E-state index contributed by atoms with van der Waals surface area (Å²) in [5.41, 5.74) is 3.82. The molecule has 0 amide bonds. The van der Waals surface area contributed by atoms with Crippen LogP contribution >= 0.6 is 0 Å². The number of piperidine rings is 1. The molecule has 3 nitrogen and oxygen atoms in total. The Morgan fingerprint density at radius 2 is 2.21 bits per heavy atom. The predicted octanol–water partition coefficient (Wildman–Crippen LogP) is 3.00. The molecule has 3 rings (SSSR count). The lowest BCUT2D eigenvalue weighted by Gasteiger charge is -2.24. The first-order valence-electron chi connectivity index (χ1n) is 7.14. The van der Waals surface area contributed by atoms with E-state index in [1.807, 2.05) is 12.5 Å². The molecule has 1 aliphatic heterocycles. The molecular weight excluding hydrogens is 234 g/mol. The highest BCUT2D eigenvalue weighted by atomic mass is 15.1. The van der Waals surface area contributed by atoms with Crippen molar-refractivity contribution >= 4 is 0 Å². The van der Waals surface area contributed by atoms with Crippen LogP contribution in [-0.4, -0.2) is 22.1 Å². The Kier molecular flexibility index (Phi) is 3.65. The standard InChI is InChI=1S/C16H21N3/c1-13-6-2-3-8-15(13)16-10-17-12-19(16)11-14-7-4-5-9-18-14/h2-3,6,8,10,12,14,18H,4-5,7,9,11H2,1H3. The zero-order chi connectivity index (χ0) is 13.1. The van der Waals surface area contributed by atoms with Crippen LogP contribution in [0, 0.1) is 6.92 Å². The lowest BCUT2D eigenvalue weighted by molar-refractivity contribution is 0.364. The van der Waals surface area contributed by atoms with E-state index in [0.717, 1.165) is 13.1 Å². The van der Waals surface area contributed by atoms with Gasteiger partial charge < -0.3 is 9.88 Å². The zero-order valence-electron chi connectivity index (χ0n) is 11.5. The van der Waals surface area contributed by atoms with Gasteiger partial charge in [-0.05, 0) is 31.9 Å². The Morgan fingerprint density at radius 1 is 1.32 bits per heavy atom. The molecule has 3 heteroatoms. The van der Waals surface area contributed by atoms with Gasteiger partial charge in [0.2, 0.25) is 0 Å². The smallest absolute Gasteiger partial charge is 0.0951 e. The van der Waals surface area contributed by atoms with E-state index in [0.29, 0.717) is 6.04 Å². The predicted molar refractivity (Wildman–Crippen MR) is 78.0 cm³/mol. The first kappa shape index (κ1) is 12.4. The Hall–Kier alpha value is -1.61. The van der Waals surface area contributed by atoms with Crippen molar-refractivity contribution in [3.8, 4) is 11.3 Å². The number of aromatic nitrogens is 2. The zero-order valence-corrected chi connectivity index (χ0v) is 11.5. The molecule has 19 heavy (non-hydrogen) atoms. The summed E-state index contributed by atoms with van der Waals surface area (Å²) >= 11 is 0. The number of hydrogen-bond acceptors (Lipinski definition) is 2. The Labute approximate surface area is 114 Å². The average Bonchev–Trinajstić information content (AvgIpc) is 2.88. The van der Waals surface area contributed by atoms with E-state index < -0.39 is 0 Å². The van der Waals surface area contributed by atoms with Crippen molar-refractivity contribution < 1.29 is 0 Å². The van der Waals surface area contributed by atoms with E-state index in [1.165, 1.54) is 36.1 Å². The van der Waals surface area contributed by atoms with Gasteiger partial charge in [-0.2, -0.15) is 0 Å². The highest BCUT2D eigenvalue weighted by Gasteiger charge is 2.15. The van der Waals surface area contributed by atoms with Gasteiger partial charge >= 0.3 is 0 Å². The normalized spacial score (nSPS) is 19.5. The van der Waals surface area contributed by atoms with E-state index in [4.69, 9.17) is 0 Å². The molecule has 0 aliphatic carbocycles. The molecule has 1 unspecified atom stereocenters. The minimum Gasteiger partial charge on any atom is -0.329 e. The summed E-state index contributed by atoms with van der Waals surface area (Å²) < 4.78 is 2.28. The third-order valence-corrected chi connectivity index (χ3v) is 3.96. The minimum absolute atomic E-state index is 0.589. The van der Waals surface area contributed by atoms with Gasteiger partial charge in [-0.1, -0.05) is 30.7 Å². The largest absolute Gasteiger partial charge is 0.329 e. The number of nitrogens with zero attached hydrogens (tertiary/aromatic N) is 2. The molecule has 1 aliphatic rings. The van der Waals surface area contributed by atoms with Crippen LogP contribution in [0.2, 0.25) is 0 Å². The molecule has 1 saturated heterocycles. The van der Waals surface area contributed by atoms with Crippen molar-refractivity contribution in [2.75, 3.05) is 6.54 Å². The molecular formula is C16H21N3. The third-order valence-electron chi connectivity index (χ3n) is 3.96. The number of imidazole rings is 1. The fraction of sp³-hybridized carbons (Fsp3) is 0.438. The van der Waals surface area contributed by atoms with Crippen molar-refractivity contribution in [3.05, 3.63) is 42.4 Å². The Bertz CT molecular complexity index is 538. The van der Waals surface area contributed by atoms with Crippen LogP contribution in [0.1, 0.15) is 24.8 Å². The van der Waals surface area contributed by atoms with Crippen LogP contribution in [0.4, 0.5) is 0 Å². The van der Waals surface area contributed by atoms with E-state index in [1.54, 1.807) is 0 Å². The summed E-state index contributed by atoms with van der Waals surface area (Å²) in [4.78, 5) is 4.34. The molecule has 2 heterocycles. The lowest BCUT2D eigenvalue weighted by atomic mass is 10.0. The first-order valence-corrected chi connectivity index (χ1v) is 7.14. The Morgan fingerprint density at radius 3 is 3.00 bits per heavy atom. The highest BCUT2D eigenvalue weighted by molar-refractivity contribution is 5.63. The van der Waals surface area contributed by atoms with Gasteiger partial charge in [0.15, 0.2) is 0 Å². The maximum Gasteiger partial charge on any atom is 0.0951 e. The summed E-state index contributed by atoms with van der Waals surface area (Å²) in [6.07, 6.45) is 7.85. The second kappa shape index (κ2) is 5.57. The third kappa shape index (κ3) is 2.71. The number of benzene rings is 1. The van der Waals surface area contributed by atoms with Crippen LogP contribution in [0.3, 0.4) is 0 Å². The summed E-state index contributed by atoms with van der Waals surface area (Å²) in [6.45, 7) is 4.33. The number of aryl methyl sites for hydroxylation is 1. The molecule has 1 N–H and O–H groups in total. The van der Waals surface area contributed by atoms with Crippen LogP contribution in [0.25, 0.3) is 11.3 Å². The second-order valence-corrected chi connectivity index (χ2v) is 5.39. The van der Waals surface area contributed by atoms with E-state index in [-0.39, 0.29) is 0 Å². The average molecular weight is 255 g/mol. The molecule has 1 aromatic heterocycles. The summed E-state index contributed by atoms with van der Waals surface area (Å²) in [7, 11) is 0. The van der Waals surface area contributed by atoms with Gasteiger partial charge in [-0.25, -0.2) is 4.98 Å². The van der Waals surface area contributed by atoms with Crippen molar-refractivity contribution in [2.24, 2.45) is 0 Å². The van der Waals surface area contributed by atoms with Crippen molar-refractivity contribution in [1.29, 1.82) is 0 Å². The van der Waals surface area contributed by atoms with Gasteiger partial charge in [-0.15, -0.1) is 0 Å². The molecule has 1 atom stereocenters. The fourth-order valence-corrected chi connectivity index (χ4v) is 2.87. The Balaban J connectivity index is 1.84. The van der Waals surface area contributed by atoms with Crippen LogP contribution < -0.4 is 5.32 Å². The summed E-state index contributed by atoms with van der Waals surface area (Å²) in [5, 5.41) is 3.60. The SMILES string of the molecule is Cc1ccccc1-c1cncn1CC1CCCCN1.